The van der Waals surface area contributed by atoms with Crippen LogP contribution in [-0.4, -0.2) is 83.6 Å². The van der Waals surface area contributed by atoms with Gasteiger partial charge in [0.15, 0.2) is 0 Å². The Bertz CT molecular complexity index is 1420. The molecule has 0 atom stereocenters. The molecular weight excluding hydrogens is 544 g/mol. The molecule has 3 saturated heterocycles. The summed E-state index contributed by atoms with van der Waals surface area (Å²) in [5.74, 6) is 1.36. The molecule has 3 aliphatic rings. The SMILES string of the molecule is Cc1cccc(CN2C(=O)S/C(=C\c3ccc(Oc4nc(N5CCOCC5)nc(N5CCOCC5)n4)cc3)C2=O)c1. The van der Waals surface area contributed by atoms with Gasteiger partial charge in [0.25, 0.3) is 11.1 Å². The van der Waals surface area contributed by atoms with Gasteiger partial charge in [-0.15, -0.1) is 0 Å². The van der Waals surface area contributed by atoms with E-state index < -0.39 is 0 Å². The number of carbonyl (C=O) groups is 2. The van der Waals surface area contributed by atoms with Gasteiger partial charge < -0.3 is 24.0 Å². The molecule has 0 aliphatic carbocycles. The lowest BCUT2D eigenvalue weighted by molar-refractivity contribution is -0.123. The van der Waals surface area contributed by atoms with Crippen LogP contribution >= 0.6 is 11.8 Å². The van der Waals surface area contributed by atoms with Crippen molar-refractivity contribution in [3.63, 3.8) is 0 Å². The molecule has 1 aromatic heterocycles. The number of nitrogens with zero attached hydrogens (tertiary/aromatic N) is 6. The first kappa shape index (κ1) is 27.2. The van der Waals surface area contributed by atoms with E-state index in [2.05, 4.69) is 19.8 Å². The summed E-state index contributed by atoms with van der Waals surface area (Å²) in [6.07, 6.45) is 1.72. The Labute approximate surface area is 242 Å². The monoisotopic (exact) mass is 574 g/mol. The number of morpholine rings is 2. The van der Waals surface area contributed by atoms with Crippen molar-refractivity contribution in [2.24, 2.45) is 0 Å². The van der Waals surface area contributed by atoms with Crippen LogP contribution in [0.2, 0.25) is 0 Å². The molecule has 0 bridgehead atoms. The van der Waals surface area contributed by atoms with Crippen LogP contribution in [0.5, 0.6) is 11.8 Å². The fraction of sp³-hybridized carbons (Fsp3) is 0.345. The molecule has 0 spiro atoms. The molecule has 2 aromatic carbocycles. The Balaban J connectivity index is 1.17. The summed E-state index contributed by atoms with van der Waals surface area (Å²) >= 11 is 0.950. The van der Waals surface area contributed by atoms with Crippen molar-refractivity contribution in [2.45, 2.75) is 13.5 Å². The maximum atomic E-state index is 13.0. The number of amides is 2. The van der Waals surface area contributed by atoms with Gasteiger partial charge in [-0.2, -0.15) is 15.0 Å². The summed E-state index contributed by atoms with van der Waals surface area (Å²) < 4.78 is 17.0. The number of thioether (sulfide) groups is 1. The van der Waals surface area contributed by atoms with E-state index in [9.17, 15) is 9.59 Å². The summed E-state index contributed by atoms with van der Waals surface area (Å²) in [6.45, 7) is 7.45. The standard InChI is InChI=1S/C29H30N6O5S/c1-20-3-2-4-22(17-20)19-35-25(36)24(41-29(35)37)18-21-5-7-23(8-6-21)40-28-31-26(33-9-13-38-14-10-33)30-27(32-28)34-11-15-39-16-12-34/h2-8,17-18H,9-16,19H2,1H3/b24-18-. The lowest BCUT2D eigenvalue weighted by Crippen LogP contribution is -2.40. The van der Waals surface area contributed by atoms with Crippen LogP contribution in [0.4, 0.5) is 16.7 Å². The summed E-state index contributed by atoms with van der Waals surface area (Å²) in [5.41, 5.74) is 2.78. The molecule has 2 amide bonds. The molecule has 12 heteroatoms. The van der Waals surface area contributed by atoms with Crippen molar-refractivity contribution in [1.82, 2.24) is 19.9 Å². The van der Waals surface area contributed by atoms with E-state index >= 15 is 0 Å². The Hall–Kier alpha value is -4.00. The van der Waals surface area contributed by atoms with Gasteiger partial charge in [0.1, 0.15) is 5.75 Å². The molecule has 41 heavy (non-hydrogen) atoms. The minimum Gasteiger partial charge on any atom is -0.424 e. The van der Waals surface area contributed by atoms with Gasteiger partial charge in [-0.3, -0.25) is 14.5 Å². The van der Waals surface area contributed by atoms with Crippen LogP contribution in [-0.2, 0) is 20.8 Å². The van der Waals surface area contributed by atoms with Crippen LogP contribution < -0.4 is 14.5 Å². The number of benzene rings is 2. The predicted octanol–water partition coefficient (Wildman–Crippen LogP) is 3.88. The number of imide groups is 1. The summed E-state index contributed by atoms with van der Waals surface area (Å²) in [5, 5.41) is -0.273. The number of carbonyl (C=O) groups excluding carboxylic acids is 2. The van der Waals surface area contributed by atoms with E-state index in [1.54, 1.807) is 18.2 Å². The maximum absolute atomic E-state index is 13.0. The number of aryl methyl sites for hydroxylation is 1. The third-order valence-corrected chi connectivity index (χ3v) is 7.77. The highest BCUT2D eigenvalue weighted by atomic mass is 32.2. The second-order valence-electron chi connectivity index (χ2n) is 9.84. The zero-order valence-corrected chi connectivity index (χ0v) is 23.5. The molecule has 6 rings (SSSR count). The molecule has 212 valence electrons. The molecule has 11 nitrogen and oxygen atoms in total. The van der Waals surface area contributed by atoms with E-state index in [0.29, 0.717) is 75.2 Å². The van der Waals surface area contributed by atoms with Crippen LogP contribution in [0.15, 0.2) is 53.4 Å². The minimum atomic E-state index is -0.293. The molecule has 0 radical (unpaired) electrons. The van der Waals surface area contributed by atoms with Gasteiger partial charge >= 0.3 is 6.01 Å². The van der Waals surface area contributed by atoms with Crippen LogP contribution in [0.25, 0.3) is 6.08 Å². The third-order valence-electron chi connectivity index (χ3n) is 6.86. The first-order valence-corrected chi connectivity index (χ1v) is 14.3. The lowest BCUT2D eigenvalue weighted by atomic mass is 10.1. The highest BCUT2D eigenvalue weighted by molar-refractivity contribution is 8.18. The van der Waals surface area contributed by atoms with Crippen molar-refractivity contribution < 1.29 is 23.8 Å². The normalized spacial score (nSPS) is 18.9. The fourth-order valence-corrected chi connectivity index (χ4v) is 5.55. The zero-order valence-electron chi connectivity index (χ0n) is 22.7. The molecule has 3 fully saturated rings. The highest BCUT2D eigenvalue weighted by Gasteiger charge is 2.35. The number of rotatable bonds is 7. The zero-order chi connectivity index (χ0) is 28.2. The topological polar surface area (TPSA) is 110 Å². The molecule has 3 aromatic rings. The summed E-state index contributed by atoms with van der Waals surface area (Å²) in [7, 11) is 0. The van der Waals surface area contributed by atoms with Crippen molar-refractivity contribution >= 4 is 40.9 Å². The van der Waals surface area contributed by atoms with Crippen LogP contribution in [0.3, 0.4) is 0 Å². The first-order chi connectivity index (χ1) is 20.0. The Morgan fingerprint density at radius 1 is 0.878 bits per heavy atom. The predicted molar refractivity (Wildman–Crippen MR) is 155 cm³/mol. The van der Waals surface area contributed by atoms with E-state index in [-0.39, 0.29) is 23.7 Å². The quantitative estimate of drug-likeness (QED) is 0.384. The number of hydrogen-bond acceptors (Lipinski definition) is 11. The van der Waals surface area contributed by atoms with E-state index in [1.165, 1.54) is 4.90 Å². The largest absolute Gasteiger partial charge is 0.424 e. The summed E-state index contributed by atoms with van der Waals surface area (Å²) in [6, 6.07) is 15.2. The number of anilines is 2. The van der Waals surface area contributed by atoms with Crippen molar-refractivity contribution in [3.05, 3.63) is 70.1 Å². The van der Waals surface area contributed by atoms with Gasteiger partial charge in [0.05, 0.1) is 37.9 Å². The Morgan fingerprint density at radius 3 is 2.12 bits per heavy atom. The minimum absolute atomic E-state index is 0.202. The fourth-order valence-electron chi connectivity index (χ4n) is 4.71. The molecule has 0 saturated carbocycles. The first-order valence-electron chi connectivity index (χ1n) is 13.5. The summed E-state index contributed by atoms with van der Waals surface area (Å²) in [4.78, 5) is 45.2. The molecular formula is C29H30N6O5S. The maximum Gasteiger partial charge on any atom is 0.328 e. The highest BCUT2D eigenvalue weighted by Crippen LogP contribution is 2.34. The van der Waals surface area contributed by atoms with Gasteiger partial charge in [0.2, 0.25) is 11.9 Å². The van der Waals surface area contributed by atoms with E-state index in [1.807, 2.05) is 43.3 Å². The van der Waals surface area contributed by atoms with Crippen molar-refractivity contribution in [2.75, 3.05) is 62.4 Å². The van der Waals surface area contributed by atoms with E-state index in [0.717, 1.165) is 28.5 Å². The molecule has 0 unspecified atom stereocenters. The van der Waals surface area contributed by atoms with Gasteiger partial charge in [-0.1, -0.05) is 42.0 Å². The Morgan fingerprint density at radius 2 is 1.51 bits per heavy atom. The van der Waals surface area contributed by atoms with Gasteiger partial charge in [0, 0.05) is 26.2 Å². The molecule has 0 N–H and O–H groups in total. The number of ether oxygens (including phenoxy) is 3. The molecule has 4 heterocycles. The molecule has 3 aliphatic heterocycles. The second-order valence-corrected chi connectivity index (χ2v) is 10.8. The van der Waals surface area contributed by atoms with Gasteiger partial charge in [-0.25, -0.2) is 0 Å². The van der Waals surface area contributed by atoms with Crippen LogP contribution in [0.1, 0.15) is 16.7 Å². The average molecular weight is 575 g/mol. The second kappa shape index (κ2) is 12.2. The lowest BCUT2D eigenvalue weighted by Gasteiger charge is -2.30. The number of hydrogen-bond donors (Lipinski definition) is 0. The Kier molecular flexibility index (Phi) is 8.12. The third kappa shape index (κ3) is 6.50. The van der Waals surface area contributed by atoms with E-state index in [4.69, 9.17) is 19.2 Å². The van der Waals surface area contributed by atoms with Gasteiger partial charge in [-0.05, 0) is 48.0 Å². The smallest absolute Gasteiger partial charge is 0.328 e. The average Bonchev–Trinajstić information content (AvgIpc) is 3.26. The number of aromatic nitrogens is 3. The van der Waals surface area contributed by atoms with Crippen molar-refractivity contribution in [3.8, 4) is 11.8 Å². The van der Waals surface area contributed by atoms with Crippen molar-refractivity contribution in [1.29, 1.82) is 0 Å². The van der Waals surface area contributed by atoms with Crippen LogP contribution in [0, 0.1) is 6.92 Å².